The first-order chi connectivity index (χ1) is 13.3. The fraction of sp³-hybridized carbons (Fsp3) is 0.222. The minimum atomic E-state index is -4.48. The summed E-state index contributed by atoms with van der Waals surface area (Å²) >= 11 is 1.28. The fourth-order valence-electron chi connectivity index (χ4n) is 2.84. The number of allylic oxidation sites excluding steroid dienone is 1. The number of aromatic nitrogens is 4. The van der Waals surface area contributed by atoms with Crippen molar-refractivity contribution >= 4 is 22.0 Å². The second-order valence-electron chi connectivity index (χ2n) is 6.18. The van der Waals surface area contributed by atoms with Gasteiger partial charge in [-0.05, 0) is 30.5 Å². The summed E-state index contributed by atoms with van der Waals surface area (Å²) in [4.78, 5) is 8.20. The number of fused-ring (bicyclic) bond motifs is 1. The van der Waals surface area contributed by atoms with E-state index in [9.17, 15) is 13.2 Å². The molecule has 0 aliphatic heterocycles. The Labute approximate surface area is 161 Å². The van der Waals surface area contributed by atoms with Crippen molar-refractivity contribution < 1.29 is 17.9 Å². The smallest absolute Gasteiger partial charge is 0.425 e. The van der Waals surface area contributed by atoms with Gasteiger partial charge in [0.05, 0.1) is 18.1 Å². The number of nitrogens with two attached hydrogens (primary N) is 1. The van der Waals surface area contributed by atoms with Gasteiger partial charge in [-0.15, -0.1) is 10.2 Å². The molecule has 0 amide bonds. The molecule has 2 heterocycles. The van der Waals surface area contributed by atoms with E-state index in [1.807, 2.05) is 24.3 Å². The molecule has 0 saturated heterocycles. The zero-order valence-electron chi connectivity index (χ0n) is 14.6. The zero-order valence-corrected chi connectivity index (χ0v) is 15.4. The lowest BCUT2D eigenvalue weighted by Crippen LogP contribution is -2.31. The molecule has 6 nitrogen and oxygen atoms in total. The van der Waals surface area contributed by atoms with Crippen molar-refractivity contribution in [1.82, 2.24) is 20.2 Å². The predicted octanol–water partition coefficient (Wildman–Crippen LogP) is 3.89. The molecule has 1 aliphatic carbocycles. The summed E-state index contributed by atoms with van der Waals surface area (Å²) in [6, 6.07) is 5.86. The molecule has 28 heavy (non-hydrogen) atoms. The summed E-state index contributed by atoms with van der Waals surface area (Å²) in [7, 11) is 0. The number of halogens is 3. The molecule has 1 aromatic carbocycles. The minimum Gasteiger partial charge on any atom is -0.464 e. The van der Waals surface area contributed by atoms with Crippen LogP contribution in [-0.4, -0.2) is 32.4 Å². The van der Waals surface area contributed by atoms with E-state index in [1.54, 1.807) is 0 Å². The van der Waals surface area contributed by atoms with E-state index in [1.165, 1.54) is 23.7 Å². The monoisotopic (exact) mass is 405 g/mol. The molecule has 0 spiro atoms. The standard InChI is InChI=1S/C18H14F3N5OS/c1-9(18(19,20)21)27-15-8-23-7-14(24-15)12-5-4-10-2-3-11(6-13(10)12)16-25-26-17(22)28-16/h2-3,5-9H,4H2,1H3,(H2,22,26). The first kappa shape index (κ1) is 18.4. The lowest BCUT2D eigenvalue weighted by molar-refractivity contribution is -0.190. The molecule has 0 saturated carbocycles. The van der Waals surface area contributed by atoms with E-state index in [4.69, 9.17) is 10.5 Å². The summed E-state index contributed by atoms with van der Waals surface area (Å²) in [5.41, 5.74) is 9.73. The average Bonchev–Trinajstić information content (AvgIpc) is 3.26. The van der Waals surface area contributed by atoms with Crippen molar-refractivity contribution in [1.29, 1.82) is 0 Å². The highest BCUT2D eigenvalue weighted by atomic mass is 32.1. The zero-order chi connectivity index (χ0) is 19.9. The maximum Gasteiger partial charge on any atom is 0.425 e. The Morgan fingerprint density at radius 2 is 2.04 bits per heavy atom. The molecule has 2 aromatic heterocycles. The van der Waals surface area contributed by atoms with Crippen molar-refractivity contribution in [3.05, 3.63) is 53.5 Å². The number of nitrogen functional groups attached to an aromatic ring is 1. The van der Waals surface area contributed by atoms with Gasteiger partial charge in [0.2, 0.25) is 11.0 Å². The third kappa shape index (κ3) is 3.55. The number of anilines is 1. The van der Waals surface area contributed by atoms with Crippen LogP contribution in [0.4, 0.5) is 18.3 Å². The Morgan fingerprint density at radius 3 is 2.75 bits per heavy atom. The Morgan fingerprint density at radius 1 is 1.21 bits per heavy atom. The molecule has 144 valence electrons. The third-order valence-electron chi connectivity index (χ3n) is 4.26. The van der Waals surface area contributed by atoms with Crippen LogP contribution in [0.15, 0.2) is 36.7 Å². The maximum absolute atomic E-state index is 12.7. The van der Waals surface area contributed by atoms with Gasteiger partial charge in [-0.2, -0.15) is 13.2 Å². The highest BCUT2D eigenvalue weighted by molar-refractivity contribution is 7.18. The number of benzene rings is 1. The molecule has 1 unspecified atom stereocenters. The van der Waals surface area contributed by atoms with Crippen LogP contribution < -0.4 is 10.5 Å². The van der Waals surface area contributed by atoms with Gasteiger partial charge < -0.3 is 10.5 Å². The Balaban J connectivity index is 1.65. The molecule has 0 bridgehead atoms. The third-order valence-corrected chi connectivity index (χ3v) is 5.06. The van der Waals surface area contributed by atoms with Crippen LogP contribution in [0, 0.1) is 0 Å². The highest BCUT2D eigenvalue weighted by Crippen LogP contribution is 2.36. The number of hydrogen-bond donors (Lipinski definition) is 1. The summed E-state index contributed by atoms with van der Waals surface area (Å²) in [6.45, 7) is 0.929. The van der Waals surface area contributed by atoms with Crippen LogP contribution in [0.5, 0.6) is 5.88 Å². The van der Waals surface area contributed by atoms with Crippen LogP contribution in [-0.2, 0) is 6.42 Å². The Hall–Kier alpha value is -3.01. The van der Waals surface area contributed by atoms with E-state index in [0.717, 1.165) is 29.2 Å². The molecular weight excluding hydrogens is 391 g/mol. The summed E-state index contributed by atoms with van der Waals surface area (Å²) < 4.78 is 43.1. The first-order valence-electron chi connectivity index (χ1n) is 8.30. The van der Waals surface area contributed by atoms with Gasteiger partial charge in [0, 0.05) is 11.1 Å². The lowest BCUT2D eigenvalue weighted by atomic mass is 10.0. The van der Waals surface area contributed by atoms with Crippen molar-refractivity contribution in [3.63, 3.8) is 0 Å². The normalized spacial score (nSPS) is 14.5. The lowest BCUT2D eigenvalue weighted by Gasteiger charge is -2.17. The fourth-order valence-corrected chi connectivity index (χ4v) is 3.44. The van der Waals surface area contributed by atoms with E-state index in [0.29, 0.717) is 22.3 Å². The van der Waals surface area contributed by atoms with Crippen molar-refractivity contribution in [3.8, 4) is 16.5 Å². The van der Waals surface area contributed by atoms with E-state index in [2.05, 4.69) is 20.2 Å². The molecule has 3 aromatic rings. The molecule has 0 radical (unpaired) electrons. The number of alkyl halides is 3. The summed E-state index contributed by atoms with van der Waals surface area (Å²) in [6.07, 6.45) is -1.13. The second-order valence-corrected chi connectivity index (χ2v) is 7.19. The van der Waals surface area contributed by atoms with Crippen LogP contribution >= 0.6 is 11.3 Å². The van der Waals surface area contributed by atoms with Crippen LogP contribution in [0.3, 0.4) is 0 Å². The number of nitrogens with zero attached hydrogens (tertiary/aromatic N) is 4. The molecular formula is C18H14F3N5OS. The molecule has 4 rings (SSSR count). The quantitative estimate of drug-likeness (QED) is 0.709. The van der Waals surface area contributed by atoms with Crippen molar-refractivity contribution in [2.24, 2.45) is 0 Å². The van der Waals surface area contributed by atoms with E-state index < -0.39 is 12.3 Å². The van der Waals surface area contributed by atoms with E-state index >= 15 is 0 Å². The SMILES string of the molecule is CC(Oc1cncc(C2=CCc3ccc(-c4nnc(N)s4)cc32)n1)C(F)(F)F. The van der Waals surface area contributed by atoms with E-state index in [-0.39, 0.29) is 5.88 Å². The van der Waals surface area contributed by atoms with Crippen molar-refractivity contribution in [2.45, 2.75) is 25.6 Å². The number of hydrogen-bond acceptors (Lipinski definition) is 7. The number of ether oxygens (including phenoxy) is 1. The van der Waals surface area contributed by atoms with Gasteiger partial charge in [0.25, 0.3) is 0 Å². The molecule has 1 aliphatic rings. The van der Waals surface area contributed by atoms with Gasteiger partial charge in [-0.3, -0.25) is 4.98 Å². The molecule has 2 N–H and O–H groups in total. The van der Waals surface area contributed by atoms with Crippen molar-refractivity contribution in [2.75, 3.05) is 5.73 Å². The average molecular weight is 405 g/mol. The molecule has 1 atom stereocenters. The second kappa shape index (κ2) is 6.86. The highest BCUT2D eigenvalue weighted by Gasteiger charge is 2.38. The molecule has 0 fully saturated rings. The Kier molecular flexibility index (Phi) is 4.50. The summed E-state index contributed by atoms with van der Waals surface area (Å²) in [5.74, 6) is -0.176. The summed E-state index contributed by atoms with van der Waals surface area (Å²) in [5, 5.41) is 8.94. The van der Waals surface area contributed by atoms with Gasteiger partial charge in [0.1, 0.15) is 5.01 Å². The van der Waals surface area contributed by atoms with Gasteiger partial charge >= 0.3 is 6.18 Å². The maximum atomic E-state index is 12.7. The van der Waals surface area contributed by atoms with Gasteiger partial charge in [-0.25, -0.2) is 4.98 Å². The van der Waals surface area contributed by atoms with Crippen LogP contribution in [0.1, 0.15) is 23.7 Å². The minimum absolute atomic E-state index is 0.176. The van der Waals surface area contributed by atoms with Crippen LogP contribution in [0.25, 0.3) is 16.1 Å². The van der Waals surface area contributed by atoms with Gasteiger partial charge in [-0.1, -0.05) is 29.5 Å². The first-order valence-corrected chi connectivity index (χ1v) is 9.11. The number of rotatable bonds is 4. The Bertz CT molecular complexity index is 1060. The predicted molar refractivity (Wildman–Crippen MR) is 98.7 cm³/mol. The topological polar surface area (TPSA) is 86.8 Å². The van der Waals surface area contributed by atoms with Crippen LogP contribution in [0.2, 0.25) is 0 Å². The van der Waals surface area contributed by atoms with Gasteiger partial charge in [0.15, 0.2) is 6.10 Å². The largest absolute Gasteiger partial charge is 0.464 e. The molecule has 10 heteroatoms.